The lowest BCUT2D eigenvalue weighted by Crippen LogP contribution is -2.32. The molecule has 30 heavy (non-hydrogen) atoms. The van der Waals surface area contributed by atoms with Crippen molar-refractivity contribution in [1.29, 1.82) is 0 Å². The van der Waals surface area contributed by atoms with Gasteiger partial charge in [0.2, 0.25) is 0 Å². The van der Waals surface area contributed by atoms with Crippen molar-refractivity contribution in [3.63, 3.8) is 0 Å². The summed E-state index contributed by atoms with van der Waals surface area (Å²) in [6.45, 7) is 4.61. The molecule has 0 aliphatic heterocycles. The summed E-state index contributed by atoms with van der Waals surface area (Å²) in [5.74, 6) is 3.88. The molecule has 0 atom stereocenters. The highest BCUT2D eigenvalue weighted by molar-refractivity contribution is 5.91. The number of ether oxygens (including phenoxy) is 2. The van der Waals surface area contributed by atoms with Crippen LogP contribution >= 0.6 is 0 Å². The monoisotopic (exact) mass is 411 g/mol. The number of para-hydroxylation sites is 1. The molecule has 2 aromatic heterocycles. The normalized spacial score (nSPS) is 10.4. The fourth-order valence-electron chi connectivity index (χ4n) is 2.90. The Bertz CT molecular complexity index is 1020. The van der Waals surface area contributed by atoms with E-state index in [9.17, 15) is 4.79 Å². The molecule has 158 valence electrons. The number of rotatable bonds is 8. The molecule has 3 aromatic rings. The number of urea groups is 1. The van der Waals surface area contributed by atoms with Crippen LogP contribution in [0, 0.1) is 13.8 Å². The molecule has 3 rings (SSSR count). The number of nitrogens with zero attached hydrogens (tertiary/aromatic N) is 4. The van der Waals surface area contributed by atoms with Crippen LogP contribution in [0.15, 0.2) is 36.7 Å². The van der Waals surface area contributed by atoms with Crippen LogP contribution < -0.4 is 25.4 Å². The van der Waals surface area contributed by atoms with Crippen LogP contribution in [0.3, 0.4) is 0 Å². The number of aryl methyl sites for hydroxylation is 2. The lowest BCUT2D eigenvalue weighted by atomic mass is 10.2. The first-order valence-corrected chi connectivity index (χ1v) is 9.37. The number of methoxy groups -OCH3 is 2. The zero-order valence-electron chi connectivity index (χ0n) is 17.4. The van der Waals surface area contributed by atoms with Crippen molar-refractivity contribution in [2.75, 3.05) is 37.9 Å². The molecule has 0 saturated heterocycles. The van der Waals surface area contributed by atoms with Crippen molar-refractivity contribution in [3.05, 3.63) is 48.3 Å². The third kappa shape index (κ3) is 4.96. The minimum absolute atomic E-state index is 0.350. The maximum Gasteiger partial charge on any atom is 0.319 e. The van der Waals surface area contributed by atoms with Crippen LogP contribution in [0.1, 0.15) is 11.6 Å². The van der Waals surface area contributed by atoms with Gasteiger partial charge < -0.3 is 25.4 Å². The largest absolute Gasteiger partial charge is 0.493 e. The van der Waals surface area contributed by atoms with E-state index in [0.29, 0.717) is 41.9 Å². The maximum atomic E-state index is 12.2. The molecule has 0 radical (unpaired) electrons. The summed E-state index contributed by atoms with van der Waals surface area (Å²) < 4.78 is 12.4. The number of carbonyl (C=O) groups is 1. The van der Waals surface area contributed by atoms with E-state index >= 15 is 0 Å². The number of nitrogens with one attached hydrogen (secondary N) is 3. The number of anilines is 2. The lowest BCUT2D eigenvalue weighted by molar-refractivity contribution is 0.252. The van der Waals surface area contributed by atoms with Gasteiger partial charge in [-0.05, 0) is 26.0 Å². The Hall–Kier alpha value is -3.82. The molecular weight excluding hydrogens is 386 g/mol. The highest BCUT2D eigenvalue weighted by Gasteiger charge is 2.12. The minimum atomic E-state index is -0.350. The second kappa shape index (κ2) is 9.59. The Kier molecular flexibility index (Phi) is 6.68. The summed E-state index contributed by atoms with van der Waals surface area (Å²) in [6.07, 6.45) is 3.57. The molecule has 2 heterocycles. The lowest BCUT2D eigenvalue weighted by Gasteiger charge is -2.14. The third-order valence-electron chi connectivity index (χ3n) is 4.26. The molecule has 0 fully saturated rings. The molecule has 0 aliphatic rings. The van der Waals surface area contributed by atoms with Crippen molar-refractivity contribution >= 4 is 17.5 Å². The first-order valence-electron chi connectivity index (χ1n) is 9.37. The van der Waals surface area contributed by atoms with E-state index in [1.54, 1.807) is 31.5 Å². The van der Waals surface area contributed by atoms with Gasteiger partial charge in [0.1, 0.15) is 23.3 Å². The predicted molar refractivity (Wildman–Crippen MR) is 114 cm³/mol. The van der Waals surface area contributed by atoms with E-state index in [1.165, 1.54) is 7.11 Å². The molecular formula is C20H25N7O3. The number of carbonyl (C=O) groups excluding carboxylic acids is 1. The Morgan fingerprint density at radius 2 is 1.97 bits per heavy atom. The summed E-state index contributed by atoms with van der Waals surface area (Å²) in [5, 5.41) is 8.74. The second-order valence-electron chi connectivity index (χ2n) is 6.35. The van der Waals surface area contributed by atoms with Gasteiger partial charge in [-0.15, -0.1) is 0 Å². The number of hydrogen-bond donors (Lipinski definition) is 3. The quantitative estimate of drug-likeness (QED) is 0.488. The fourth-order valence-corrected chi connectivity index (χ4v) is 2.90. The van der Waals surface area contributed by atoms with E-state index in [4.69, 9.17) is 9.47 Å². The van der Waals surface area contributed by atoms with Gasteiger partial charge in [-0.25, -0.2) is 19.7 Å². The van der Waals surface area contributed by atoms with Gasteiger partial charge in [-0.2, -0.15) is 0 Å². The van der Waals surface area contributed by atoms with Crippen LogP contribution in [-0.2, 0) is 0 Å². The molecule has 0 spiro atoms. The van der Waals surface area contributed by atoms with Gasteiger partial charge in [-0.1, -0.05) is 6.07 Å². The highest BCUT2D eigenvalue weighted by Crippen LogP contribution is 2.34. The molecule has 2 amide bonds. The average Bonchev–Trinajstić information content (AvgIpc) is 3.16. The number of imidazole rings is 1. The van der Waals surface area contributed by atoms with E-state index in [0.717, 1.165) is 11.6 Å². The van der Waals surface area contributed by atoms with Gasteiger partial charge in [0.05, 0.1) is 19.9 Å². The maximum absolute atomic E-state index is 12.2. The Morgan fingerprint density at radius 3 is 2.67 bits per heavy atom. The SMILES string of the molecule is COc1cccc(NC(=O)NCCNc2cc(-n3ccnc3C)nc(C)n2)c1OC. The molecule has 10 heteroatoms. The summed E-state index contributed by atoms with van der Waals surface area (Å²) >= 11 is 0. The Labute approximate surface area is 174 Å². The van der Waals surface area contributed by atoms with Crippen molar-refractivity contribution in [2.24, 2.45) is 0 Å². The van der Waals surface area contributed by atoms with Gasteiger partial charge >= 0.3 is 6.03 Å². The molecule has 0 bridgehead atoms. The topological polar surface area (TPSA) is 115 Å². The van der Waals surface area contributed by atoms with Gasteiger partial charge in [0.15, 0.2) is 11.5 Å². The number of amides is 2. The zero-order chi connectivity index (χ0) is 21.5. The summed E-state index contributed by atoms with van der Waals surface area (Å²) in [5.41, 5.74) is 0.522. The van der Waals surface area contributed by atoms with E-state index in [1.807, 2.05) is 30.7 Å². The smallest absolute Gasteiger partial charge is 0.319 e. The van der Waals surface area contributed by atoms with Crippen molar-refractivity contribution in [2.45, 2.75) is 13.8 Å². The molecule has 0 unspecified atom stereocenters. The molecule has 0 saturated carbocycles. The van der Waals surface area contributed by atoms with Crippen LogP contribution in [0.2, 0.25) is 0 Å². The number of aromatic nitrogens is 4. The molecule has 1 aromatic carbocycles. The van der Waals surface area contributed by atoms with Crippen LogP contribution in [0.5, 0.6) is 11.5 Å². The zero-order valence-corrected chi connectivity index (χ0v) is 17.4. The highest BCUT2D eigenvalue weighted by atomic mass is 16.5. The van der Waals surface area contributed by atoms with Gasteiger partial charge in [-0.3, -0.25) is 4.57 Å². The van der Waals surface area contributed by atoms with Gasteiger partial charge in [0, 0.05) is 31.5 Å². The minimum Gasteiger partial charge on any atom is -0.493 e. The first-order chi connectivity index (χ1) is 14.5. The van der Waals surface area contributed by atoms with Crippen molar-refractivity contribution < 1.29 is 14.3 Å². The molecule has 0 aliphatic carbocycles. The van der Waals surface area contributed by atoms with Crippen LogP contribution in [0.4, 0.5) is 16.3 Å². The van der Waals surface area contributed by atoms with Crippen molar-refractivity contribution in [3.8, 4) is 17.3 Å². The van der Waals surface area contributed by atoms with E-state index < -0.39 is 0 Å². The van der Waals surface area contributed by atoms with Crippen molar-refractivity contribution in [1.82, 2.24) is 24.8 Å². The predicted octanol–water partition coefficient (Wildman–Crippen LogP) is 2.53. The summed E-state index contributed by atoms with van der Waals surface area (Å²) in [7, 11) is 3.07. The molecule has 3 N–H and O–H groups in total. The summed E-state index contributed by atoms with van der Waals surface area (Å²) in [6, 6.07) is 6.76. The number of hydrogen-bond acceptors (Lipinski definition) is 7. The van der Waals surface area contributed by atoms with Crippen LogP contribution in [-0.4, -0.2) is 52.9 Å². The standard InChI is InChI=1S/C20H25N7O3/c1-13-24-17(12-18(25-13)27-11-10-21-14(27)2)22-8-9-23-20(28)26-15-6-5-7-16(29-3)19(15)30-4/h5-7,10-12H,8-9H2,1-4H3,(H,22,24,25)(H2,23,26,28). The fraction of sp³-hybridized carbons (Fsp3) is 0.300. The third-order valence-corrected chi connectivity index (χ3v) is 4.26. The second-order valence-corrected chi connectivity index (χ2v) is 6.35. The Morgan fingerprint density at radius 1 is 1.13 bits per heavy atom. The van der Waals surface area contributed by atoms with E-state index in [-0.39, 0.29) is 6.03 Å². The molecule has 10 nitrogen and oxygen atoms in total. The Balaban J connectivity index is 1.54. The number of benzene rings is 1. The van der Waals surface area contributed by atoms with Gasteiger partial charge in [0.25, 0.3) is 0 Å². The summed E-state index contributed by atoms with van der Waals surface area (Å²) in [4.78, 5) is 25.3. The van der Waals surface area contributed by atoms with Crippen LogP contribution in [0.25, 0.3) is 5.82 Å². The average molecular weight is 411 g/mol. The first kappa shape index (κ1) is 20.9. The van der Waals surface area contributed by atoms with E-state index in [2.05, 4.69) is 30.9 Å².